The number of rotatable bonds is 9. The molecule has 1 heteroatoms. The largest absolute Gasteiger partial charge is 0.299 e. The molecule has 2 rings (SSSR count). The SMILES string of the molecule is CCCCCCCCC(=O)Cc1ccc2c(c1)CCC2. The monoisotopic (exact) mass is 272 g/mol. The van der Waals surface area contributed by atoms with Crippen molar-refractivity contribution in [1.82, 2.24) is 0 Å². The van der Waals surface area contributed by atoms with Gasteiger partial charge in [0.15, 0.2) is 0 Å². The molecule has 0 saturated carbocycles. The Bertz CT molecular complexity index is 433. The van der Waals surface area contributed by atoms with E-state index in [9.17, 15) is 4.79 Å². The van der Waals surface area contributed by atoms with E-state index in [4.69, 9.17) is 0 Å². The Labute approximate surface area is 123 Å². The van der Waals surface area contributed by atoms with Gasteiger partial charge in [-0.3, -0.25) is 4.79 Å². The first-order valence-corrected chi connectivity index (χ1v) is 8.42. The summed E-state index contributed by atoms with van der Waals surface area (Å²) in [6, 6.07) is 6.65. The topological polar surface area (TPSA) is 17.1 Å². The molecule has 0 atom stereocenters. The molecule has 20 heavy (non-hydrogen) atoms. The first kappa shape index (κ1) is 15.3. The first-order valence-electron chi connectivity index (χ1n) is 8.42. The maximum atomic E-state index is 12.0. The third kappa shape index (κ3) is 4.77. The second-order valence-corrected chi connectivity index (χ2v) is 6.19. The van der Waals surface area contributed by atoms with Crippen molar-refractivity contribution in [2.24, 2.45) is 0 Å². The summed E-state index contributed by atoms with van der Waals surface area (Å²) in [6.45, 7) is 2.24. The van der Waals surface area contributed by atoms with Crippen molar-refractivity contribution in [3.63, 3.8) is 0 Å². The summed E-state index contributed by atoms with van der Waals surface area (Å²) in [5, 5.41) is 0. The predicted octanol–water partition coefficient (Wildman–Crippen LogP) is 5.04. The van der Waals surface area contributed by atoms with Crippen LogP contribution in [0.2, 0.25) is 0 Å². The van der Waals surface area contributed by atoms with E-state index in [1.165, 1.54) is 68.1 Å². The highest BCUT2D eigenvalue weighted by Gasteiger charge is 2.12. The van der Waals surface area contributed by atoms with Crippen LogP contribution in [-0.4, -0.2) is 5.78 Å². The highest BCUT2D eigenvalue weighted by molar-refractivity contribution is 5.80. The molecule has 0 bridgehead atoms. The average molecular weight is 272 g/mol. The zero-order valence-electron chi connectivity index (χ0n) is 12.9. The van der Waals surface area contributed by atoms with Gasteiger partial charge in [-0.05, 0) is 42.4 Å². The fourth-order valence-electron chi connectivity index (χ4n) is 3.15. The van der Waals surface area contributed by atoms with E-state index >= 15 is 0 Å². The lowest BCUT2D eigenvalue weighted by atomic mass is 10.00. The Kier molecular flexibility index (Phi) is 6.29. The Morgan fingerprint density at radius 3 is 2.60 bits per heavy atom. The average Bonchev–Trinajstić information content (AvgIpc) is 2.90. The quantitative estimate of drug-likeness (QED) is 0.576. The van der Waals surface area contributed by atoms with Crippen LogP contribution in [0.5, 0.6) is 0 Å². The number of Topliss-reactive ketones (excluding diaryl/α,β-unsaturated/α-hetero) is 1. The van der Waals surface area contributed by atoms with E-state index in [1.807, 2.05) is 0 Å². The Balaban J connectivity index is 1.67. The maximum absolute atomic E-state index is 12.0. The summed E-state index contributed by atoms with van der Waals surface area (Å²) >= 11 is 0. The van der Waals surface area contributed by atoms with Crippen molar-refractivity contribution >= 4 is 5.78 Å². The Morgan fingerprint density at radius 2 is 1.75 bits per heavy atom. The van der Waals surface area contributed by atoms with Crippen LogP contribution in [-0.2, 0) is 24.1 Å². The predicted molar refractivity (Wildman–Crippen MR) is 85.2 cm³/mol. The molecule has 0 spiro atoms. The second-order valence-electron chi connectivity index (χ2n) is 6.19. The van der Waals surface area contributed by atoms with Crippen LogP contribution < -0.4 is 0 Å². The van der Waals surface area contributed by atoms with E-state index in [0.717, 1.165) is 12.8 Å². The van der Waals surface area contributed by atoms with Crippen molar-refractivity contribution in [1.29, 1.82) is 0 Å². The lowest BCUT2D eigenvalue weighted by Crippen LogP contribution is -2.03. The van der Waals surface area contributed by atoms with Crippen LogP contribution in [0.25, 0.3) is 0 Å². The molecule has 0 heterocycles. The zero-order valence-corrected chi connectivity index (χ0v) is 12.9. The molecule has 1 aliphatic rings. The number of hydrogen-bond acceptors (Lipinski definition) is 1. The van der Waals surface area contributed by atoms with Gasteiger partial charge >= 0.3 is 0 Å². The summed E-state index contributed by atoms with van der Waals surface area (Å²) in [6.07, 6.45) is 12.7. The van der Waals surface area contributed by atoms with Crippen LogP contribution in [0.4, 0.5) is 0 Å². The van der Waals surface area contributed by atoms with Crippen molar-refractivity contribution in [2.75, 3.05) is 0 Å². The van der Waals surface area contributed by atoms with E-state index in [2.05, 4.69) is 25.1 Å². The van der Waals surface area contributed by atoms with Gasteiger partial charge in [0, 0.05) is 12.8 Å². The van der Waals surface area contributed by atoms with Crippen LogP contribution in [0, 0.1) is 0 Å². The number of unbranched alkanes of at least 4 members (excludes halogenated alkanes) is 5. The molecular formula is C19H28O. The van der Waals surface area contributed by atoms with Gasteiger partial charge in [0.1, 0.15) is 5.78 Å². The summed E-state index contributed by atoms with van der Waals surface area (Å²) in [4.78, 5) is 12.0. The number of aryl methyl sites for hydroxylation is 2. The van der Waals surface area contributed by atoms with Crippen LogP contribution >= 0.6 is 0 Å². The summed E-state index contributed by atoms with van der Waals surface area (Å²) in [5.41, 5.74) is 4.20. The molecule has 0 unspecified atom stereocenters. The van der Waals surface area contributed by atoms with E-state index in [1.54, 1.807) is 0 Å². The normalized spacial score (nSPS) is 13.4. The molecule has 0 aliphatic heterocycles. The molecule has 0 N–H and O–H groups in total. The van der Waals surface area contributed by atoms with Gasteiger partial charge in [-0.1, -0.05) is 57.2 Å². The minimum absolute atomic E-state index is 0.415. The minimum atomic E-state index is 0.415. The molecular weight excluding hydrogens is 244 g/mol. The molecule has 1 nitrogen and oxygen atoms in total. The minimum Gasteiger partial charge on any atom is -0.299 e. The van der Waals surface area contributed by atoms with Gasteiger partial charge in [0.25, 0.3) is 0 Å². The maximum Gasteiger partial charge on any atom is 0.137 e. The summed E-state index contributed by atoms with van der Waals surface area (Å²) in [7, 11) is 0. The second kappa shape index (κ2) is 8.24. The highest BCUT2D eigenvalue weighted by Crippen LogP contribution is 2.23. The number of carbonyl (C=O) groups is 1. The fourth-order valence-corrected chi connectivity index (χ4v) is 3.15. The number of hydrogen-bond donors (Lipinski definition) is 0. The van der Waals surface area contributed by atoms with Crippen molar-refractivity contribution < 1.29 is 4.79 Å². The van der Waals surface area contributed by atoms with Crippen molar-refractivity contribution in [3.05, 3.63) is 34.9 Å². The summed E-state index contributed by atoms with van der Waals surface area (Å²) < 4.78 is 0. The molecule has 110 valence electrons. The number of ketones is 1. The molecule has 0 amide bonds. The van der Waals surface area contributed by atoms with Crippen molar-refractivity contribution in [2.45, 2.75) is 77.6 Å². The van der Waals surface area contributed by atoms with Gasteiger partial charge in [0.2, 0.25) is 0 Å². The van der Waals surface area contributed by atoms with Gasteiger partial charge < -0.3 is 0 Å². The third-order valence-electron chi connectivity index (χ3n) is 4.37. The smallest absolute Gasteiger partial charge is 0.137 e. The van der Waals surface area contributed by atoms with Gasteiger partial charge in [-0.25, -0.2) is 0 Å². The molecule has 0 aromatic heterocycles. The molecule has 1 aliphatic carbocycles. The number of benzene rings is 1. The van der Waals surface area contributed by atoms with Crippen molar-refractivity contribution in [3.8, 4) is 0 Å². The molecule has 1 aromatic carbocycles. The number of fused-ring (bicyclic) bond motifs is 1. The lowest BCUT2D eigenvalue weighted by Gasteiger charge is -2.05. The van der Waals surface area contributed by atoms with Crippen LogP contribution in [0.15, 0.2) is 18.2 Å². The molecule has 0 fully saturated rings. The molecule has 1 aromatic rings. The van der Waals surface area contributed by atoms with Crippen LogP contribution in [0.1, 0.15) is 75.0 Å². The Hall–Kier alpha value is -1.11. The van der Waals surface area contributed by atoms with Gasteiger partial charge in [-0.15, -0.1) is 0 Å². The van der Waals surface area contributed by atoms with E-state index in [0.29, 0.717) is 12.2 Å². The fraction of sp³-hybridized carbons (Fsp3) is 0.632. The highest BCUT2D eigenvalue weighted by atomic mass is 16.1. The molecule has 0 saturated heterocycles. The zero-order chi connectivity index (χ0) is 14.2. The third-order valence-corrected chi connectivity index (χ3v) is 4.37. The van der Waals surface area contributed by atoms with Crippen LogP contribution in [0.3, 0.4) is 0 Å². The molecule has 0 radical (unpaired) electrons. The van der Waals surface area contributed by atoms with Gasteiger partial charge in [-0.2, -0.15) is 0 Å². The van der Waals surface area contributed by atoms with E-state index in [-0.39, 0.29) is 0 Å². The first-order chi connectivity index (χ1) is 9.79. The standard InChI is InChI=1S/C19H28O/c1-2-3-4-5-6-7-11-19(20)15-16-12-13-17-9-8-10-18(17)14-16/h12-14H,2-11,15H2,1H3. The Morgan fingerprint density at radius 1 is 1.00 bits per heavy atom. The summed E-state index contributed by atoms with van der Waals surface area (Å²) in [5.74, 6) is 0.415. The van der Waals surface area contributed by atoms with Gasteiger partial charge in [0.05, 0.1) is 0 Å². The lowest BCUT2D eigenvalue weighted by molar-refractivity contribution is -0.118. The van der Waals surface area contributed by atoms with E-state index < -0.39 is 0 Å². The number of carbonyl (C=O) groups excluding carboxylic acids is 1.